The van der Waals surface area contributed by atoms with Gasteiger partial charge in [-0.3, -0.25) is 5.32 Å². The zero-order chi connectivity index (χ0) is 8.85. The van der Waals surface area contributed by atoms with Gasteiger partial charge in [0.1, 0.15) is 6.23 Å². The molecule has 0 saturated heterocycles. The summed E-state index contributed by atoms with van der Waals surface area (Å²) in [4.78, 5) is 0. The molecule has 0 amide bonds. The van der Waals surface area contributed by atoms with E-state index in [-0.39, 0.29) is 18.4 Å². The Labute approximate surface area is 68.8 Å². The number of rotatable bonds is 5. The van der Waals surface area contributed by atoms with Crippen LogP contribution >= 0.6 is 0 Å². The maximum Gasteiger partial charge on any atom is 0.105 e. The lowest BCUT2D eigenvalue weighted by atomic mass is 10.2. The Hall–Kier alpha value is -0.120. The van der Waals surface area contributed by atoms with E-state index in [9.17, 15) is 0 Å². The van der Waals surface area contributed by atoms with Gasteiger partial charge in [-0.05, 0) is 34.2 Å². The summed E-state index contributed by atoms with van der Waals surface area (Å²) in [6.07, 6.45) is 0.571. The predicted octanol–water partition coefficient (Wildman–Crippen LogP) is 0.728. The summed E-state index contributed by atoms with van der Waals surface area (Å²) >= 11 is 0. The SMILES string of the molecule is CNC(C)OC(C)CC(C)O. The van der Waals surface area contributed by atoms with E-state index in [1.165, 1.54) is 0 Å². The first-order chi connectivity index (χ1) is 5.06. The van der Waals surface area contributed by atoms with Gasteiger partial charge in [-0.25, -0.2) is 0 Å². The number of hydrogen-bond acceptors (Lipinski definition) is 3. The first kappa shape index (κ1) is 10.9. The summed E-state index contributed by atoms with van der Waals surface area (Å²) in [6, 6.07) is 0. The Bertz CT molecular complexity index is 96.1. The summed E-state index contributed by atoms with van der Waals surface area (Å²) in [5.74, 6) is 0. The highest BCUT2D eigenvalue weighted by Gasteiger charge is 2.08. The molecule has 2 N–H and O–H groups in total. The van der Waals surface area contributed by atoms with E-state index in [1.807, 2.05) is 20.9 Å². The Morgan fingerprint density at radius 3 is 2.27 bits per heavy atom. The van der Waals surface area contributed by atoms with Crippen LogP contribution in [0.4, 0.5) is 0 Å². The molecule has 0 aliphatic rings. The van der Waals surface area contributed by atoms with E-state index in [4.69, 9.17) is 9.84 Å². The first-order valence-corrected chi connectivity index (χ1v) is 4.07. The van der Waals surface area contributed by atoms with Crippen LogP contribution < -0.4 is 5.32 Å². The molecular formula is C8H19NO2. The molecule has 68 valence electrons. The molecular weight excluding hydrogens is 142 g/mol. The van der Waals surface area contributed by atoms with Crippen molar-refractivity contribution in [1.82, 2.24) is 5.32 Å². The molecule has 0 saturated carbocycles. The van der Waals surface area contributed by atoms with Gasteiger partial charge in [0.15, 0.2) is 0 Å². The van der Waals surface area contributed by atoms with Crippen molar-refractivity contribution in [3.05, 3.63) is 0 Å². The second-order valence-corrected chi connectivity index (χ2v) is 2.96. The molecule has 0 fully saturated rings. The predicted molar refractivity (Wildman–Crippen MR) is 45.4 cm³/mol. The van der Waals surface area contributed by atoms with Crippen LogP contribution in [0.1, 0.15) is 27.2 Å². The first-order valence-electron chi connectivity index (χ1n) is 4.07. The molecule has 11 heavy (non-hydrogen) atoms. The van der Waals surface area contributed by atoms with E-state index < -0.39 is 0 Å². The smallest absolute Gasteiger partial charge is 0.105 e. The highest BCUT2D eigenvalue weighted by Crippen LogP contribution is 2.03. The van der Waals surface area contributed by atoms with Crippen LogP contribution in [0.15, 0.2) is 0 Å². The minimum absolute atomic E-state index is 0.0590. The summed E-state index contributed by atoms with van der Waals surface area (Å²) < 4.78 is 5.44. The molecule has 3 heteroatoms. The van der Waals surface area contributed by atoms with Crippen molar-refractivity contribution in [1.29, 1.82) is 0 Å². The average Bonchev–Trinajstić information content (AvgIpc) is 1.85. The Kier molecular flexibility index (Phi) is 5.46. The second-order valence-electron chi connectivity index (χ2n) is 2.96. The van der Waals surface area contributed by atoms with Crippen molar-refractivity contribution in [2.75, 3.05) is 7.05 Å². The third-order valence-corrected chi connectivity index (χ3v) is 1.52. The lowest BCUT2D eigenvalue weighted by Gasteiger charge is -2.19. The van der Waals surface area contributed by atoms with Crippen molar-refractivity contribution < 1.29 is 9.84 Å². The molecule has 0 heterocycles. The lowest BCUT2D eigenvalue weighted by molar-refractivity contribution is -0.0269. The molecule has 3 unspecified atom stereocenters. The molecule has 0 aromatic rings. The van der Waals surface area contributed by atoms with Gasteiger partial charge < -0.3 is 9.84 Å². The second kappa shape index (κ2) is 5.52. The van der Waals surface area contributed by atoms with Gasteiger partial charge in [-0.1, -0.05) is 0 Å². The van der Waals surface area contributed by atoms with Gasteiger partial charge in [0, 0.05) is 0 Å². The van der Waals surface area contributed by atoms with Gasteiger partial charge in [-0.2, -0.15) is 0 Å². The molecule has 0 spiro atoms. The Balaban J connectivity index is 3.43. The molecule has 0 aliphatic carbocycles. The summed E-state index contributed by atoms with van der Waals surface area (Å²) in [7, 11) is 1.85. The Morgan fingerprint density at radius 1 is 1.36 bits per heavy atom. The molecule has 3 atom stereocenters. The van der Waals surface area contributed by atoms with E-state index in [0.717, 1.165) is 0 Å². The van der Waals surface area contributed by atoms with Crippen molar-refractivity contribution in [3.8, 4) is 0 Å². The minimum Gasteiger partial charge on any atom is -0.393 e. The highest BCUT2D eigenvalue weighted by molar-refractivity contribution is 4.56. The van der Waals surface area contributed by atoms with Gasteiger partial charge in [0.05, 0.1) is 12.2 Å². The lowest BCUT2D eigenvalue weighted by Crippen LogP contribution is -2.30. The number of ether oxygens (including phenoxy) is 1. The van der Waals surface area contributed by atoms with E-state index in [0.29, 0.717) is 6.42 Å². The van der Waals surface area contributed by atoms with Crippen LogP contribution in [-0.4, -0.2) is 30.6 Å². The minimum atomic E-state index is -0.283. The van der Waals surface area contributed by atoms with Crippen molar-refractivity contribution in [3.63, 3.8) is 0 Å². The molecule has 3 nitrogen and oxygen atoms in total. The van der Waals surface area contributed by atoms with Crippen molar-refractivity contribution in [2.45, 2.75) is 45.6 Å². The summed E-state index contributed by atoms with van der Waals surface area (Å²) in [5.41, 5.74) is 0. The molecule has 0 aromatic carbocycles. The van der Waals surface area contributed by atoms with Crippen LogP contribution in [0.5, 0.6) is 0 Å². The summed E-state index contributed by atoms with van der Waals surface area (Å²) in [6.45, 7) is 5.67. The third kappa shape index (κ3) is 6.28. The fourth-order valence-corrected chi connectivity index (χ4v) is 0.952. The fraction of sp³-hybridized carbons (Fsp3) is 1.00. The molecule has 0 rings (SSSR count). The van der Waals surface area contributed by atoms with Crippen LogP contribution in [0.3, 0.4) is 0 Å². The number of nitrogens with one attached hydrogen (secondary N) is 1. The average molecular weight is 161 g/mol. The maximum atomic E-state index is 9.01. The normalized spacial score (nSPS) is 19.4. The third-order valence-electron chi connectivity index (χ3n) is 1.52. The summed E-state index contributed by atoms with van der Waals surface area (Å²) in [5, 5.41) is 12.0. The van der Waals surface area contributed by atoms with Crippen LogP contribution in [0, 0.1) is 0 Å². The number of aliphatic hydroxyl groups is 1. The zero-order valence-corrected chi connectivity index (χ0v) is 7.79. The van der Waals surface area contributed by atoms with Crippen LogP contribution in [-0.2, 0) is 4.74 Å². The molecule has 0 radical (unpaired) electrons. The van der Waals surface area contributed by atoms with Crippen LogP contribution in [0.25, 0.3) is 0 Å². The zero-order valence-electron chi connectivity index (χ0n) is 7.79. The number of aliphatic hydroxyl groups excluding tert-OH is 1. The quantitative estimate of drug-likeness (QED) is 0.584. The largest absolute Gasteiger partial charge is 0.393 e. The van der Waals surface area contributed by atoms with Gasteiger partial charge in [0.2, 0.25) is 0 Å². The van der Waals surface area contributed by atoms with E-state index in [2.05, 4.69) is 5.32 Å². The molecule has 0 bridgehead atoms. The van der Waals surface area contributed by atoms with Gasteiger partial charge in [0.25, 0.3) is 0 Å². The van der Waals surface area contributed by atoms with Crippen molar-refractivity contribution >= 4 is 0 Å². The topological polar surface area (TPSA) is 41.5 Å². The molecule has 0 aromatic heterocycles. The maximum absolute atomic E-state index is 9.01. The monoisotopic (exact) mass is 161 g/mol. The van der Waals surface area contributed by atoms with E-state index in [1.54, 1.807) is 6.92 Å². The van der Waals surface area contributed by atoms with Gasteiger partial charge >= 0.3 is 0 Å². The number of hydrogen-bond donors (Lipinski definition) is 2. The molecule has 0 aliphatic heterocycles. The van der Waals surface area contributed by atoms with Crippen LogP contribution in [0.2, 0.25) is 0 Å². The van der Waals surface area contributed by atoms with E-state index >= 15 is 0 Å². The fourth-order valence-electron chi connectivity index (χ4n) is 0.952. The standard InChI is InChI=1S/C8H19NO2/c1-6(10)5-7(2)11-8(3)9-4/h6-10H,5H2,1-4H3. The van der Waals surface area contributed by atoms with Gasteiger partial charge in [-0.15, -0.1) is 0 Å². The highest BCUT2D eigenvalue weighted by atomic mass is 16.5. The van der Waals surface area contributed by atoms with Crippen molar-refractivity contribution in [2.24, 2.45) is 0 Å². The Morgan fingerprint density at radius 2 is 1.91 bits per heavy atom.